The maximum absolute atomic E-state index is 13.4. The van der Waals surface area contributed by atoms with Crippen molar-refractivity contribution in [2.45, 2.75) is 96.8 Å². The third-order valence-electron chi connectivity index (χ3n) is 6.35. The Balaban J connectivity index is 2.06. The Bertz CT molecular complexity index is 855. The number of unbranched alkanes of at least 4 members (excludes halogenated alkanes) is 7. The number of cyclic esters (lactones) is 1. The van der Waals surface area contributed by atoms with Crippen LogP contribution >= 0.6 is 15.9 Å². The lowest BCUT2D eigenvalue weighted by atomic mass is 10.0. The third-order valence-corrected chi connectivity index (χ3v) is 7.02. The van der Waals surface area contributed by atoms with Gasteiger partial charge in [-0.1, -0.05) is 52.4 Å². The lowest BCUT2D eigenvalue weighted by Crippen LogP contribution is -2.49. The summed E-state index contributed by atoms with van der Waals surface area (Å²) in [7, 11) is 1.33. The van der Waals surface area contributed by atoms with Gasteiger partial charge >= 0.3 is 12.1 Å². The fourth-order valence-corrected chi connectivity index (χ4v) is 4.82. The average molecular weight is 575 g/mol. The van der Waals surface area contributed by atoms with Gasteiger partial charge in [-0.3, -0.25) is 9.59 Å². The number of carbonyl (C=O) groups excluding carboxylic acids is 3. The van der Waals surface area contributed by atoms with Gasteiger partial charge < -0.3 is 23.7 Å². The van der Waals surface area contributed by atoms with E-state index in [4.69, 9.17) is 23.7 Å². The lowest BCUT2D eigenvalue weighted by molar-refractivity contribution is -0.164. The molecule has 2 heterocycles. The number of imide groups is 1. The Hall–Kier alpha value is -1.91. The number of hydrogen-bond acceptors (Lipinski definition) is 8. The minimum atomic E-state index is -1.28. The van der Waals surface area contributed by atoms with Crippen LogP contribution in [0, 0.1) is 5.92 Å². The zero-order valence-corrected chi connectivity index (χ0v) is 23.4. The van der Waals surface area contributed by atoms with E-state index in [-0.39, 0.29) is 24.9 Å². The smallest absolute Gasteiger partial charge is 0.417 e. The van der Waals surface area contributed by atoms with Gasteiger partial charge in [-0.15, -0.1) is 0 Å². The fourth-order valence-electron chi connectivity index (χ4n) is 4.31. The van der Waals surface area contributed by atoms with Gasteiger partial charge in [0.25, 0.3) is 5.91 Å². The molecule has 3 atom stereocenters. The van der Waals surface area contributed by atoms with Gasteiger partial charge in [0.2, 0.25) is 0 Å². The molecule has 0 aliphatic carbocycles. The topological polar surface area (TPSA) is 116 Å². The molecular weight excluding hydrogens is 534 g/mol. The number of halogens is 1. The molecule has 1 aromatic rings. The molecule has 2 amide bonds. The van der Waals surface area contributed by atoms with E-state index in [2.05, 4.69) is 15.9 Å². The van der Waals surface area contributed by atoms with Crippen LogP contribution in [-0.4, -0.2) is 60.4 Å². The standard InChI is InChI=1S/C26H40BrNO8/c1-17(2)20-16-34-26(32)28(20)25(31)24(33-4)23(35-18(3)30)22-15-19(27)21(36-22)13-11-9-7-5-6-8-10-12-14-29/h15,17,20,23-24,29H,5-14,16H2,1-4H3/t20-,23-,24+/m0/s1. The number of amides is 2. The second-order valence-electron chi connectivity index (χ2n) is 9.50. The summed E-state index contributed by atoms with van der Waals surface area (Å²) in [6.45, 7) is 5.40. The molecule has 1 aliphatic rings. The molecule has 9 nitrogen and oxygen atoms in total. The Morgan fingerprint density at radius 2 is 1.75 bits per heavy atom. The molecule has 0 unspecified atom stereocenters. The number of aryl methyl sites for hydroxylation is 1. The highest BCUT2D eigenvalue weighted by molar-refractivity contribution is 9.10. The van der Waals surface area contributed by atoms with Crippen molar-refractivity contribution in [3.63, 3.8) is 0 Å². The minimum Gasteiger partial charge on any atom is -0.461 e. The van der Waals surface area contributed by atoms with Gasteiger partial charge in [-0.2, -0.15) is 0 Å². The minimum absolute atomic E-state index is 0.0185. The van der Waals surface area contributed by atoms with Gasteiger partial charge in [0.1, 0.15) is 18.1 Å². The number of aliphatic hydroxyl groups is 1. The van der Waals surface area contributed by atoms with Crippen molar-refractivity contribution in [2.24, 2.45) is 5.92 Å². The molecule has 2 rings (SSSR count). The van der Waals surface area contributed by atoms with Crippen molar-refractivity contribution in [2.75, 3.05) is 20.3 Å². The number of aliphatic hydroxyl groups excluding tert-OH is 1. The number of hydrogen-bond donors (Lipinski definition) is 1. The van der Waals surface area contributed by atoms with Gasteiger partial charge in [0, 0.05) is 27.1 Å². The molecule has 10 heteroatoms. The van der Waals surface area contributed by atoms with Gasteiger partial charge in [0.05, 0.1) is 10.5 Å². The van der Waals surface area contributed by atoms with Crippen molar-refractivity contribution in [1.82, 2.24) is 4.90 Å². The predicted molar refractivity (Wildman–Crippen MR) is 136 cm³/mol. The summed E-state index contributed by atoms with van der Waals surface area (Å²) in [6, 6.07) is 1.25. The largest absolute Gasteiger partial charge is 0.461 e. The van der Waals surface area contributed by atoms with E-state index in [0.29, 0.717) is 12.2 Å². The summed E-state index contributed by atoms with van der Waals surface area (Å²) in [5, 5.41) is 8.83. The number of furan rings is 1. The number of rotatable bonds is 16. The Labute approximate surface area is 221 Å². The second kappa shape index (κ2) is 15.4. The zero-order valence-electron chi connectivity index (χ0n) is 21.8. The molecule has 0 radical (unpaired) electrons. The van der Waals surface area contributed by atoms with Crippen LogP contribution < -0.4 is 0 Å². The molecular formula is C26H40BrNO8. The summed E-state index contributed by atoms with van der Waals surface area (Å²) in [5.41, 5.74) is 0. The molecule has 36 heavy (non-hydrogen) atoms. The Morgan fingerprint density at radius 3 is 2.31 bits per heavy atom. The SMILES string of the molecule is CO[C@@H](C(=O)N1C(=O)OC[C@H]1C(C)C)[C@@H](OC(C)=O)c1cc(Br)c(CCCCCCCCCCO)o1. The van der Waals surface area contributed by atoms with Gasteiger partial charge in [0.15, 0.2) is 12.2 Å². The Kier molecular flexibility index (Phi) is 12.9. The first-order chi connectivity index (χ1) is 17.2. The molecule has 204 valence electrons. The van der Waals surface area contributed by atoms with E-state index in [1.807, 2.05) is 13.8 Å². The summed E-state index contributed by atoms with van der Waals surface area (Å²) >= 11 is 3.52. The van der Waals surface area contributed by atoms with E-state index in [1.165, 1.54) is 26.9 Å². The van der Waals surface area contributed by atoms with Crippen LogP contribution in [-0.2, 0) is 30.2 Å². The van der Waals surface area contributed by atoms with Crippen LogP contribution in [0.1, 0.15) is 89.8 Å². The second-order valence-corrected chi connectivity index (χ2v) is 10.4. The highest BCUT2D eigenvalue weighted by Crippen LogP contribution is 2.34. The maximum Gasteiger partial charge on any atom is 0.417 e. The van der Waals surface area contributed by atoms with E-state index in [1.54, 1.807) is 6.07 Å². The van der Waals surface area contributed by atoms with E-state index in [9.17, 15) is 14.4 Å². The third kappa shape index (κ3) is 8.59. The van der Waals surface area contributed by atoms with Gasteiger partial charge in [-0.05, 0) is 40.8 Å². The van der Waals surface area contributed by atoms with Crippen molar-refractivity contribution < 1.29 is 38.1 Å². The predicted octanol–water partition coefficient (Wildman–Crippen LogP) is 5.32. The van der Waals surface area contributed by atoms with Crippen LogP contribution in [0.4, 0.5) is 4.79 Å². The van der Waals surface area contributed by atoms with Crippen LogP contribution in [0.25, 0.3) is 0 Å². The highest BCUT2D eigenvalue weighted by Gasteiger charge is 2.46. The normalized spacial score (nSPS) is 17.4. The number of nitrogens with zero attached hydrogens (tertiary/aromatic N) is 1. The van der Waals surface area contributed by atoms with Crippen molar-refractivity contribution in [1.29, 1.82) is 0 Å². The number of methoxy groups -OCH3 is 1. The molecule has 1 aliphatic heterocycles. The molecule has 0 bridgehead atoms. The number of carbonyl (C=O) groups is 3. The first-order valence-electron chi connectivity index (χ1n) is 12.8. The molecule has 1 aromatic heterocycles. The molecule has 0 spiro atoms. The number of esters is 1. The maximum atomic E-state index is 13.4. The first-order valence-corrected chi connectivity index (χ1v) is 13.6. The monoisotopic (exact) mass is 573 g/mol. The summed E-state index contributed by atoms with van der Waals surface area (Å²) in [4.78, 5) is 38.7. The first kappa shape index (κ1) is 30.3. The van der Waals surface area contributed by atoms with Gasteiger partial charge in [-0.25, -0.2) is 9.69 Å². The molecule has 0 aromatic carbocycles. The van der Waals surface area contributed by atoms with E-state index >= 15 is 0 Å². The molecule has 1 fully saturated rings. The summed E-state index contributed by atoms with van der Waals surface area (Å²) in [5.74, 6) is -0.293. The molecule has 1 saturated heterocycles. The van der Waals surface area contributed by atoms with Crippen LogP contribution in [0.5, 0.6) is 0 Å². The Morgan fingerprint density at radius 1 is 1.14 bits per heavy atom. The van der Waals surface area contributed by atoms with E-state index < -0.39 is 36.2 Å². The fraction of sp³-hybridized carbons (Fsp3) is 0.731. The average Bonchev–Trinajstić information content (AvgIpc) is 3.39. The molecule has 1 N–H and O–H groups in total. The quantitative estimate of drug-likeness (QED) is 0.208. The van der Waals surface area contributed by atoms with Crippen LogP contribution in [0.2, 0.25) is 0 Å². The summed E-state index contributed by atoms with van der Waals surface area (Å²) < 4.78 is 22.8. The summed E-state index contributed by atoms with van der Waals surface area (Å²) in [6.07, 6.45) is 6.07. The zero-order chi connectivity index (χ0) is 26.7. The van der Waals surface area contributed by atoms with Crippen molar-refractivity contribution in [3.8, 4) is 0 Å². The van der Waals surface area contributed by atoms with Crippen LogP contribution in [0.15, 0.2) is 15.0 Å². The number of ether oxygens (including phenoxy) is 3. The van der Waals surface area contributed by atoms with Crippen LogP contribution in [0.3, 0.4) is 0 Å². The van der Waals surface area contributed by atoms with Crippen molar-refractivity contribution >= 4 is 33.9 Å². The molecule has 0 saturated carbocycles. The van der Waals surface area contributed by atoms with E-state index in [0.717, 1.165) is 47.9 Å². The highest BCUT2D eigenvalue weighted by atomic mass is 79.9. The van der Waals surface area contributed by atoms with Crippen molar-refractivity contribution in [3.05, 3.63) is 22.1 Å². The lowest BCUT2D eigenvalue weighted by Gasteiger charge is -2.29.